The van der Waals surface area contributed by atoms with Crippen molar-refractivity contribution in [2.45, 2.75) is 13.3 Å². The third kappa shape index (κ3) is 5.77. The first-order chi connectivity index (χ1) is 3.27. The summed E-state index contributed by atoms with van der Waals surface area (Å²) in [5, 5.41) is 0.693. The summed E-state index contributed by atoms with van der Waals surface area (Å²) in [6, 6.07) is 0. The molecular weight excluding hydrogens is 108 g/mol. The first-order valence-electron chi connectivity index (χ1n) is 2.22. The van der Waals surface area contributed by atoms with Crippen LogP contribution in [-0.2, 0) is 0 Å². The molecule has 0 spiro atoms. The molecule has 0 unspecified atom stereocenters. The Kier molecular flexibility index (Phi) is 3.81. The summed E-state index contributed by atoms with van der Waals surface area (Å²) < 4.78 is 0. The van der Waals surface area contributed by atoms with Gasteiger partial charge in [-0.25, -0.2) is 0 Å². The highest BCUT2D eigenvalue weighted by Crippen LogP contribution is 2.02. The minimum atomic E-state index is 0.693. The topological polar surface area (TPSA) is 0 Å². The summed E-state index contributed by atoms with van der Waals surface area (Å²) in [4.78, 5) is 0. The Morgan fingerprint density at radius 3 is 2.57 bits per heavy atom. The van der Waals surface area contributed by atoms with Crippen LogP contribution in [0.15, 0.2) is 23.8 Å². The van der Waals surface area contributed by atoms with Crippen LogP contribution in [-0.4, -0.2) is 0 Å². The lowest BCUT2D eigenvalue weighted by Crippen LogP contribution is -1.59. The van der Waals surface area contributed by atoms with Gasteiger partial charge < -0.3 is 0 Å². The molecule has 1 heteroatoms. The molecule has 0 aromatic heterocycles. The fraction of sp³-hybridized carbons (Fsp3) is 0.333. The van der Waals surface area contributed by atoms with Crippen molar-refractivity contribution in [1.82, 2.24) is 0 Å². The largest absolute Gasteiger partial charge is 0.0913 e. The number of allylic oxidation sites excluding steroid dienone is 3. The van der Waals surface area contributed by atoms with Gasteiger partial charge in [0.05, 0.1) is 0 Å². The third-order valence-electron chi connectivity index (χ3n) is 0.575. The standard InChI is InChI=1S/C6H9Cl/c1-3-4-5-6(2)7/h3-4H,2,5H2,1H3. The predicted octanol–water partition coefficient (Wildman–Crippen LogP) is 2.71. The maximum absolute atomic E-state index is 5.41. The Morgan fingerprint density at radius 2 is 2.43 bits per heavy atom. The zero-order chi connectivity index (χ0) is 5.70. The second kappa shape index (κ2) is 3.94. The van der Waals surface area contributed by atoms with Crippen molar-refractivity contribution >= 4 is 11.6 Å². The van der Waals surface area contributed by atoms with Crippen LogP contribution < -0.4 is 0 Å². The molecule has 0 saturated heterocycles. The minimum Gasteiger partial charge on any atom is -0.0913 e. The molecule has 0 atom stereocenters. The summed E-state index contributed by atoms with van der Waals surface area (Å²) in [6.45, 7) is 5.46. The average molecular weight is 117 g/mol. The molecule has 0 amide bonds. The van der Waals surface area contributed by atoms with E-state index < -0.39 is 0 Å². The first kappa shape index (κ1) is 6.77. The first-order valence-corrected chi connectivity index (χ1v) is 2.59. The molecule has 0 aliphatic rings. The second-order valence-corrected chi connectivity index (χ2v) is 1.82. The highest BCUT2D eigenvalue weighted by atomic mass is 35.5. The molecule has 0 fully saturated rings. The number of halogens is 1. The average Bonchev–Trinajstić information content (AvgIpc) is 1.61. The van der Waals surface area contributed by atoms with Crippen LogP contribution in [0.25, 0.3) is 0 Å². The van der Waals surface area contributed by atoms with E-state index in [-0.39, 0.29) is 0 Å². The molecule has 0 nitrogen and oxygen atoms in total. The van der Waals surface area contributed by atoms with Crippen LogP contribution in [0.5, 0.6) is 0 Å². The van der Waals surface area contributed by atoms with Crippen molar-refractivity contribution in [3.63, 3.8) is 0 Å². The molecule has 0 N–H and O–H groups in total. The second-order valence-electron chi connectivity index (χ2n) is 1.29. The van der Waals surface area contributed by atoms with Gasteiger partial charge in [0.15, 0.2) is 0 Å². The quantitative estimate of drug-likeness (QED) is 0.487. The molecule has 0 aromatic rings. The maximum Gasteiger partial charge on any atom is 0.0146 e. The Labute approximate surface area is 49.5 Å². The molecule has 0 aliphatic heterocycles. The van der Waals surface area contributed by atoms with E-state index >= 15 is 0 Å². The molecule has 0 aromatic carbocycles. The summed E-state index contributed by atoms with van der Waals surface area (Å²) in [5.74, 6) is 0. The van der Waals surface area contributed by atoms with Gasteiger partial charge in [0, 0.05) is 11.5 Å². The highest BCUT2D eigenvalue weighted by molar-refractivity contribution is 6.29. The van der Waals surface area contributed by atoms with E-state index in [2.05, 4.69) is 6.58 Å². The van der Waals surface area contributed by atoms with Crippen molar-refractivity contribution in [3.05, 3.63) is 23.8 Å². The van der Waals surface area contributed by atoms with Crippen molar-refractivity contribution in [1.29, 1.82) is 0 Å². The van der Waals surface area contributed by atoms with Crippen molar-refractivity contribution in [2.75, 3.05) is 0 Å². The van der Waals surface area contributed by atoms with Gasteiger partial charge in [-0.15, -0.1) is 0 Å². The fourth-order valence-electron chi connectivity index (χ4n) is 0.246. The van der Waals surface area contributed by atoms with Gasteiger partial charge in [0.2, 0.25) is 0 Å². The van der Waals surface area contributed by atoms with Crippen LogP contribution in [0, 0.1) is 0 Å². The maximum atomic E-state index is 5.41. The Bertz CT molecular complexity index is 82.2. The summed E-state index contributed by atoms with van der Waals surface area (Å²) >= 11 is 5.41. The fourth-order valence-corrected chi connectivity index (χ4v) is 0.335. The summed E-state index contributed by atoms with van der Waals surface area (Å²) in [7, 11) is 0. The highest BCUT2D eigenvalue weighted by Gasteiger charge is 1.76. The molecule has 0 radical (unpaired) electrons. The van der Waals surface area contributed by atoms with Crippen LogP contribution in [0.4, 0.5) is 0 Å². The Balaban J connectivity index is 3.14. The lowest BCUT2D eigenvalue weighted by Gasteiger charge is -1.81. The molecule has 0 aliphatic carbocycles. The molecule has 7 heavy (non-hydrogen) atoms. The molecule has 0 bridgehead atoms. The van der Waals surface area contributed by atoms with Gasteiger partial charge in [-0.05, 0) is 6.92 Å². The smallest absolute Gasteiger partial charge is 0.0146 e. The van der Waals surface area contributed by atoms with E-state index in [1.807, 2.05) is 19.1 Å². The van der Waals surface area contributed by atoms with E-state index in [0.29, 0.717) is 5.03 Å². The van der Waals surface area contributed by atoms with Crippen molar-refractivity contribution in [3.8, 4) is 0 Å². The summed E-state index contributed by atoms with van der Waals surface area (Å²) in [5.41, 5.74) is 0. The van der Waals surface area contributed by atoms with Crippen LogP contribution in [0.2, 0.25) is 0 Å². The SMILES string of the molecule is C=C(Cl)CC=CC. The van der Waals surface area contributed by atoms with E-state index in [1.165, 1.54) is 0 Å². The number of hydrogen-bond acceptors (Lipinski definition) is 0. The van der Waals surface area contributed by atoms with E-state index in [0.717, 1.165) is 6.42 Å². The normalized spacial score (nSPS) is 10.0. The van der Waals surface area contributed by atoms with E-state index in [9.17, 15) is 0 Å². The van der Waals surface area contributed by atoms with Gasteiger partial charge in [0.25, 0.3) is 0 Å². The van der Waals surface area contributed by atoms with E-state index in [1.54, 1.807) is 0 Å². The molecule has 40 valence electrons. The van der Waals surface area contributed by atoms with Crippen LogP contribution in [0.1, 0.15) is 13.3 Å². The van der Waals surface area contributed by atoms with Crippen molar-refractivity contribution < 1.29 is 0 Å². The minimum absolute atomic E-state index is 0.693. The van der Waals surface area contributed by atoms with Gasteiger partial charge >= 0.3 is 0 Å². The van der Waals surface area contributed by atoms with Gasteiger partial charge in [-0.1, -0.05) is 30.3 Å². The predicted molar refractivity (Wildman–Crippen MR) is 34.4 cm³/mol. The monoisotopic (exact) mass is 116 g/mol. The lowest BCUT2D eigenvalue weighted by atomic mass is 10.4. The van der Waals surface area contributed by atoms with Crippen LogP contribution >= 0.6 is 11.6 Å². The molecule has 0 saturated carbocycles. The van der Waals surface area contributed by atoms with Gasteiger partial charge in [0.1, 0.15) is 0 Å². The lowest BCUT2D eigenvalue weighted by molar-refractivity contribution is 1.35. The molecule has 0 rings (SSSR count). The number of rotatable bonds is 2. The van der Waals surface area contributed by atoms with Gasteiger partial charge in [-0.3, -0.25) is 0 Å². The Hall–Kier alpha value is -0.230. The van der Waals surface area contributed by atoms with Gasteiger partial charge in [-0.2, -0.15) is 0 Å². The summed E-state index contributed by atoms with van der Waals surface area (Å²) in [6.07, 6.45) is 4.71. The van der Waals surface area contributed by atoms with E-state index in [4.69, 9.17) is 11.6 Å². The molecular formula is C6H9Cl. The van der Waals surface area contributed by atoms with Crippen molar-refractivity contribution in [2.24, 2.45) is 0 Å². The zero-order valence-electron chi connectivity index (χ0n) is 4.45. The number of hydrogen-bond donors (Lipinski definition) is 0. The van der Waals surface area contributed by atoms with Crippen LogP contribution in [0.3, 0.4) is 0 Å². The Morgan fingerprint density at radius 1 is 1.86 bits per heavy atom. The zero-order valence-corrected chi connectivity index (χ0v) is 5.20. The molecule has 0 heterocycles. The third-order valence-corrected chi connectivity index (χ3v) is 0.729.